The van der Waals surface area contributed by atoms with Gasteiger partial charge in [0.2, 0.25) is 0 Å². The zero-order chi connectivity index (χ0) is 14.9. The molecule has 110 valence electrons. The molecule has 2 aromatic rings. The number of hydrogen-bond donors (Lipinski definition) is 0. The van der Waals surface area contributed by atoms with Gasteiger partial charge in [-0.2, -0.15) is 0 Å². The van der Waals surface area contributed by atoms with E-state index < -0.39 is 9.84 Å². The Bertz CT molecular complexity index is 719. The highest BCUT2D eigenvalue weighted by Crippen LogP contribution is 2.19. The molecule has 0 spiro atoms. The maximum Gasteiger partial charge on any atom is 0.163 e. The standard InChI is InChI=1S/C13H20N4O2S/c1-5-10-11-13(16-12(15-10)9(2)3)17(8-14-11)6-7-20(4,18)19/h8-9H,5-7H2,1-4H3. The molecule has 20 heavy (non-hydrogen) atoms. The first-order valence-corrected chi connectivity index (χ1v) is 8.77. The molecule has 2 heterocycles. The van der Waals surface area contributed by atoms with Gasteiger partial charge in [0.25, 0.3) is 0 Å². The Morgan fingerprint density at radius 2 is 2.00 bits per heavy atom. The second kappa shape index (κ2) is 5.47. The summed E-state index contributed by atoms with van der Waals surface area (Å²) in [5.74, 6) is 1.08. The lowest BCUT2D eigenvalue weighted by Crippen LogP contribution is -2.12. The van der Waals surface area contributed by atoms with Gasteiger partial charge in [0, 0.05) is 18.7 Å². The number of imidazole rings is 1. The maximum atomic E-state index is 11.3. The number of rotatable bonds is 5. The SMILES string of the molecule is CCc1nc(C(C)C)nc2c1ncn2CCS(C)(=O)=O. The molecule has 0 aliphatic heterocycles. The van der Waals surface area contributed by atoms with Crippen LogP contribution in [0.25, 0.3) is 11.2 Å². The largest absolute Gasteiger partial charge is 0.314 e. The zero-order valence-electron chi connectivity index (χ0n) is 12.3. The average molecular weight is 296 g/mol. The van der Waals surface area contributed by atoms with E-state index in [9.17, 15) is 8.42 Å². The van der Waals surface area contributed by atoms with Crippen molar-refractivity contribution in [2.45, 2.75) is 39.7 Å². The van der Waals surface area contributed by atoms with Crippen molar-refractivity contribution >= 4 is 21.0 Å². The fourth-order valence-electron chi connectivity index (χ4n) is 1.95. The van der Waals surface area contributed by atoms with Crippen LogP contribution in [-0.2, 0) is 22.8 Å². The lowest BCUT2D eigenvalue weighted by molar-refractivity contribution is 0.595. The van der Waals surface area contributed by atoms with E-state index in [-0.39, 0.29) is 11.7 Å². The van der Waals surface area contributed by atoms with E-state index >= 15 is 0 Å². The average Bonchev–Trinajstić information content (AvgIpc) is 2.77. The lowest BCUT2D eigenvalue weighted by atomic mass is 10.2. The minimum atomic E-state index is -3.00. The van der Waals surface area contributed by atoms with Crippen LogP contribution >= 0.6 is 0 Å². The number of aryl methyl sites for hydroxylation is 2. The zero-order valence-corrected chi connectivity index (χ0v) is 13.1. The molecule has 0 amide bonds. The smallest absolute Gasteiger partial charge is 0.163 e. The molecule has 0 N–H and O–H groups in total. The Kier molecular flexibility index (Phi) is 4.08. The highest BCUT2D eigenvalue weighted by molar-refractivity contribution is 7.90. The molecule has 7 heteroatoms. The van der Waals surface area contributed by atoms with Crippen LogP contribution in [0.3, 0.4) is 0 Å². The first kappa shape index (κ1) is 14.9. The van der Waals surface area contributed by atoms with Gasteiger partial charge in [-0.1, -0.05) is 20.8 Å². The molecule has 0 radical (unpaired) electrons. The normalized spacial score (nSPS) is 12.4. The molecule has 0 aromatic carbocycles. The van der Waals surface area contributed by atoms with Gasteiger partial charge in [-0.25, -0.2) is 23.4 Å². The molecule has 0 aliphatic carbocycles. The summed E-state index contributed by atoms with van der Waals surface area (Å²) in [6.45, 7) is 6.48. The Morgan fingerprint density at radius 1 is 1.30 bits per heavy atom. The van der Waals surface area contributed by atoms with E-state index in [2.05, 4.69) is 15.0 Å². The van der Waals surface area contributed by atoms with Crippen LogP contribution < -0.4 is 0 Å². The molecular formula is C13H20N4O2S. The third-order valence-electron chi connectivity index (χ3n) is 3.11. The van der Waals surface area contributed by atoms with E-state index in [1.54, 1.807) is 10.9 Å². The highest BCUT2D eigenvalue weighted by atomic mass is 32.2. The van der Waals surface area contributed by atoms with Crippen LogP contribution in [0.5, 0.6) is 0 Å². The summed E-state index contributed by atoms with van der Waals surface area (Å²) in [6, 6.07) is 0. The van der Waals surface area contributed by atoms with E-state index in [0.717, 1.165) is 29.1 Å². The van der Waals surface area contributed by atoms with Gasteiger partial charge in [0.1, 0.15) is 21.2 Å². The summed E-state index contributed by atoms with van der Waals surface area (Å²) in [4.78, 5) is 13.4. The lowest BCUT2D eigenvalue weighted by Gasteiger charge is -2.08. The predicted octanol–water partition coefficient (Wildman–Crippen LogP) is 1.56. The fourth-order valence-corrected chi connectivity index (χ4v) is 2.48. The highest BCUT2D eigenvalue weighted by Gasteiger charge is 2.14. The second-order valence-electron chi connectivity index (χ2n) is 5.28. The van der Waals surface area contributed by atoms with Crippen LogP contribution in [0.1, 0.15) is 38.2 Å². The van der Waals surface area contributed by atoms with E-state index in [0.29, 0.717) is 6.54 Å². The Labute approximate surface area is 119 Å². The van der Waals surface area contributed by atoms with Crippen LogP contribution in [0, 0.1) is 0 Å². The van der Waals surface area contributed by atoms with Crippen molar-refractivity contribution in [2.75, 3.05) is 12.0 Å². The van der Waals surface area contributed by atoms with E-state index in [1.807, 2.05) is 20.8 Å². The first-order valence-electron chi connectivity index (χ1n) is 6.71. The van der Waals surface area contributed by atoms with Crippen molar-refractivity contribution in [3.63, 3.8) is 0 Å². The van der Waals surface area contributed by atoms with Gasteiger partial charge in [-0.15, -0.1) is 0 Å². The van der Waals surface area contributed by atoms with Crippen LogP contribution in [-0.4, -0.2) is 39.9 Å². The van der Waals surface area contributed by atoms with Gasteiger partial charge in [0.15, 0.2) is 5.65 Å². The molecule has 2 rings (SSSR count). The molecule has 0 fully saturated rings. The van der Waals surface area contributed by atoms with Crippen molar-refractivity contribution in [1.29, 1.82) is 0 Å². The molecule has 0 saturated carbocycles. The van der Waals surface area contributed by atoms with Gasteiger partial charge in [0.05, 0.1) is 17.8 Å². The van der Waals surface area contributed by atoms with Gasteiger partial charge in [-0.3, -0.25) is 0 Å². The van der Waals surface area contributed by atoms with E-state index in [1.165, 1.54) is 6.26 Å². The van der Waals surface area contributed by atoms with Gasteiger partial charge < -0.3 is 4.57 Å². The monoisotopic (exact) mass is 296 g/mol. The number of hydrogen-bond acceptors (Lipinski definition) is 5. The van der Waals surface area contributed by atoms with Crippen LogP contribution in [0.15, 0.2) is 6.33 Å². The van der Waals surface area contributed by atoms with Crippen molar-refractivity contribution in [1.82, 2.24) is 19.5 Å². The van der Waals surface area contributed by atoms with Crippen LogP contribution in [0.4, 0.5) is 0 Å². The van der Waals surface area contributed by atoms with E-state index in [4.69, 9.17) is 0 Å². The van der Waals surface area contributed by atoms with Crippen molar-refractivity contribution in [3.8, 4) is 0 Å². The summed E-state index contributed by atoms with van der Waals surface area (Å²) in [5, 5.41) is 0. The minimum Gasteiger partial charge on any atom is -0.314 e. The topological polar surface area (TPSA) is 77.7 Å². The molecular weight excluding hydrogens is 276 g/mol. The van der Waals surface area contributed by atoms with Gasteiger partial charge in [-0.05, 0) is 6.42 Å². The molecule has 2 aromatic heterocycles. The molecule has 0 atom stereocenters. The summed E-state index contributed by atoms with van der Waals surface area (Å²) >= 11 is 0. The van der Waals surface area contributed by atoms with Crippen molar-refractivity contribution < 1.29 is 8.42 Å². The summed E-state index contributed by atoms with van der Waals surface area (Å²) < 4.78 is 24.4. The summed E-state index contributed by atoms with van der Waals surface area (Å²) in [5.41, 5.74) is 2.41. The Balaban J connectivity index is 2.49. The maximum absolute atomic E-state index is 11.3. The van der Waals surface area contributed by atoms with Crippen molar-refractivity contribution in [2.24, 2.45) is 0 Å². The molecule has 0 aliphatic rings. The predicted molar refractivity (Wildman–Crippen MR) is 78.5 cm³/mol. The molecule has 6 nitrogen and oxygen atoms in total. The minimum absolute atomic E-state index is 0.0843. The molecule has 0 saturated heterocycles. The van der Waals surface area contributed by atoms with Gasteiger partial charge >= 0.3 is 0 Å². The Morgan fingerprint density at radius 3 is 2.55 bits per heavy atom. The number of fused-ring (bicyclic) bond motifs is 1. The third kappa shape index (κ3) is 3.15. The summed E-state index contributed by atoms with van der Waals surface area (Å²) in [6.07, 6.45) is 3.66. The van der Waals surface area contributed by atoms with Crippen LogP contribution in [0.2, 0.25) is 0 Å². The number of sulfone groups is 1. The molecule has 0 bridgehead atoms. The molecule has 0 unspecified atom stereocenters. The summed E-state index contributed by atoms with van der Waals surface area (Å²) in [7, 11) is -3.00. The third-order valence-corrected chi connectivity index (χ3v) is 4.03. The quantitative estimate of drug-likeness (QED) is 0.836. The van der Waals surface area contributed by atoms with Crippen molar-refractivity contribution in [3.05, 3.63) is 17.8 Å². The second-order valence-corrected chi connectivity index (χ2v) is 7.54. The number of aromatic nitrogens is 4. The fraction of sp³-hybridized carbons (Fsp3) is 0.615. The first-order chi connectivity index (χ1) is 9.31. The number of nitrogens with zero attached hydrogens (tertiary/aromatic N) is 4. The Hall–Kier alpha value is -1.50.